The summed E-state index contributed by atoms with van der Waals surface area (Å²) in [5.41, 5.74) is 0. The molecule has 0 saturated heterocycles. The Balaban J connectivity index is 3.64. The van der Waals surface area contributed by atoms with Gasteiger partial charge in [-0.05, 0) is 19.5 Å². The highest BCUT2D eigenvalue weighted by Crippen LogP contribution is 2.04. The first kappa shape index (κ1) is 21.6. The largest absolute Gasteiger partial charge is 0.463 e. The molecule has 0 N–H and O–H groups in total. The molecule has 0 aromatic carbocycles. The molecule has 0 amide bonds. The summed E-state index contributed by atoms with van der Waals surface area (Å²) in [6.45, 7) is 9.60. The minimum Gasteiger partial charge on any atom is -0.463 e. The predicted octanol–water partition coefficient (Wildman–Crippen LogP) is 3.33. The van der Waals surface area contributed by atoms with Crippen molar-refractivity contribution in [2.24, 2.45) is 0 Å². The molecule has 0 atom stereocenters. The van der Waals surface area contributed by atoms with Crippen molar-refractivity contribution in [3.63, 3.8) is 0 Å². The van der Waals surface area contributed by atoms with Crippen molar-refractivity contribution in [3.05, 3.63) is 12.2 Å². The standard InChI is InChI=1S/C18H33NO4/c1-4-7-8-9-10-11-15-22-17(20)12-13-18(21)23-16-14-19(5-2)6-3/h12-13H,4-11,14-16H2,1-3H3/b13-12-. The van der Waals surface area contributed by atoms with Gasteiger partial charge in [0.1, 0.15) is 6.61 Å². The number of esters is 2. The fraction of sp³-hybridized carbons (Fsp3) is 0.778. The molecule has 0 unspecified atom stereocenters. The summed E-state index contributed by atoms with van der Waals surface area (Å²) in [5, 5.41) is 0. The maximum atomic E-state index is 11.4. The summed E-state index contributed by atoms with van der Waals surface area (Å²) in [6, 6.07) is 0. The van der Waals surface area contributed by atoms with E-state index in [1.807, 2.05) is 0 Å². The van der Waals surface area contributed by atoms with E-state index in [0.29, 0.717) is 19.8 Å². The van der Waals surface area contributed by atoms with Crippen LogP contribution in [0.5, 0.6) is 0 Å². The predicted molar refractivity (Wildman–Crippen MR) is 92.2 cm³/mol. The highest BCUT2D eigenvalue weighted by Gasteiger charge is 2.03. The van der Waals surface area contributed by atoms with Crippen molar-refractivity contribution >= 4 is 11.9 Å². The van der Waals surface area contributed by atoms with E-state index in [0.717, 1.165) is 38.1 Å². The smallest absolute Gasteiger partial charge is 0.331 e. The summed E-state index contributed by atoms with van der Waals surface area (Å²) >= 11 is 0. The van der Waals surface area contributed by atoms with E-state index in [1.165, 1.54) is 25.7 Å². The van der Waals surface area contributed by atoms with Crippen LogP contribution in [0.25, 0.3) is 0 Å². The minimum absolute atomic E-state index is 0.331. The van der Waals surface area contributed by atoms with Crippen LogP contribution in [0.2, 0.25) is 0 Å². The molecule has 5 heteroatoms. The first-order valence-electron chi connectivity index (χ1n) is 8.87. The Labute approximate surface area is 141 Å². The second kappa shape index (κ2) is 15.5. The fourth-order valence-corrected chi connectivity index (χ4v) is 2.10. The molecule has 5 nitrogen and oxygen atoms in total. The van der Waals surface area contributed by atoms with Crippen LogP contribution < -0.4 is 0 Å². The molecule has 0 rings (SSSR count). The second-order valence-electron chi connectivity index (χ2n) is 5.46. The SMILES string of the molecule is CCCCCCCCOC(=O)/C=C\C(=O)OCCN(CC)CC. The highest BCUT2D eigenvalue weighted by molar-refractivity contribution is 5.91. The van der Waals surface area contributed by atoms with E-state index >= 15 is 0 Å². The van der Waals surface area contributed by atoms with Gasteiger partial charge in [0.2, 0.25) is 0 Å². The number of hydrogen-bond donors (Lipinski definition) is 0. The Morgan fingerprint density at radius 2 is 1.30 bits per heavy atom. The van der Waals surface area contributed by atoms with Crippen molar-refractivity contribution in [2.45, 2.75) is 59.3 Å². The van der Waals surface area contributed by atoms with Gasteiger partial charge < -0.3 is 14.4 Å². The van der Waals surface area contributed by atoms with Crippen LogP contribution in [0.4, 0.5) is 0 Å². The second-order valence-corrected chi connectivity index (χ2v) is 5.46. The monoisotopic (exact) mass is 327 g/mol. The van der Waals surface area contributed by atoms with E-state index in [-0.39, 0.29) is 0 Å². The first-order chi connectivity index (χ1) is 11.1. The van der Waals surface area contributed by atoms with Gasteiger partial charge in [-0.3, -0.25) is 0 Å². The molecule has 0 radical (unpaired) electrons. The summed E-state index contributed by atoms with van der Waals surface area (Å²) in [5.74, 6) is -0.993. The zero-order valence-corrected chi connectivity index (χ0v) is 15.0. The average Bonchev–Trinajstić information content (AvgIpc) is 2.56. The molecule has 0 saturated carbocycles. The van der Waals surface area contributed by atoms with Crippen LogP contribution in [0.3, 0.4) is 0 Å². The van der Waals surface area contributed by atoms with Crippen molar-refractivity contribution in [2.75, 3.05) is 32.8 Å². The zero-order valence-electron chi connectivity index (χ0n) is 15.0. The molecule has 0 aromatic heterocycles. The Morgan fingerprint density at radius 3 is 1.87 bits per heavy atom. The van der Waals surface area contributed by atoms with Crippen molar-refractivity contribution < 1.29 is 19.1 Å². The normalized spacial score (nSPS) is 11.1. The van der Waals surface area contributed by atoms with Crippen molar-refractivity contribution in [1.29, 1.82) is 0 Å². The average molecular weight is 327 g/mol. The lowest BCUT2D eigenvalue weighted by Gasteiger charge is -2.16. The lowest BCUT2D eigenvalue weighted by Crippen LogP contribution is -2.27. The molecule has 23 heavy (non-hydrogen) atoms. The molecule has 0 fully saturated rings. The topological polar surface area (TPSA) is 55.8 Å². The molecule has 0 heterocycles. The molecule has 0 aromatic rings. The lowest BCUT2D eigenvalue weighted by molar-refractivity contribution is -0.140. The molecule has 0 spiro atoms. The van der Waals surface area contributed by atoms with E-state index in [1.54, 1.807) is 0 Å². The van der Waals surface area contributed by atoms with Crippen LogP contribution >= 0.6 is 0 Å². The number of hydrogen-bond acceptors (Lipinski definition) is 5. The Bertz CT molecular complexity index is 338. The van der Waals surface area contributed by atoms with Crippen LogP contribution in [0, 0.1) is 0 Å². The van der Waals surface area contributed by atoms with Gasteiger partial charge in [0, 0.05) is 18.7 Å². The molecule has 0 aliphatic carbocycles. The maximum Gasteiger partial charge on any atom is 0.331 e. The summed E-state index contributed by atoms with van der Waals surface area (Å²) < 4.78 is 10.1. The van der Waals surface area contributed by atoms with E-state index < -0.39 is 11.9 Å². The van der Waals surface area contributed by atoms with Gasteiger partial charge in [0.05, 0.1) is 6.61 Å². The van der Waals surface area contributed by atoms with Gasteiger partial charge in [-0.15, -0.1) is 0 Å². The molecular formula is C18H33NO4. The van der Waals surface area contributed by atoms with Gasteiger partial charge in [-0.1, -0.05) is 52.9 Å². The number of unbranched alkanes of at least 4 members (excludes halogenated alkanes) is 5. The van der Waals surface area contributed by atoms with E-state index in [9.17, 15) is 9.59 Å². The van der Waals surface area contributed by atoms with Gasteiger partial charge in [-0.25, -0.2) is 9.59 Å². The van der Waals surface area contributed by atoms with Crippen LogP contribution in [0.15, 0.2) is 12.2 Å². The number of likely N-dealkylation sites (N-methyl/N-ethyl adjacent to an activating group) is 1. The number of carbonyl (C=O) groups excluding carboxylic acids is 2. The highest BCUT2D eigenvalue weighted by atomic mass is 16.5. The fourth-order valence-electron chi connectivity index (χ4n) is 2.10. The van der Waals surface area contributed by atoms with E-state index in [4.69, 9.17) is 9.47 Å². The van der Waals surface area contributed by atoms with Crippen LogP contribution in [-0.2, 0) is 19.1 Å². The van der Waals surface area contributed by atoms with Gasteiger partial charge >= 0.3 is 11.9 Å². The third-order valence-electron chi connectivity index (χ3n) is 3.64. The molecule has 0 aliphatic rings. The van der Waals surface area contributed by atoms with Gasteiger partial charge in [0.25, 0.3) is 0 Å². The number of rotatable bonds is 14. The number of nitrogens with zero attached hydrogens (tertiary/aromatic N) is 1. The van der Waals surface area contributed by atoms with Crippen molar-refractivity contribution in [1.82, 2.24) is 4.90 Å². The van der Waals surface area contributed by atoms with Gasteiger partial charge in [0.15, 0.2) is 0 Å². The molecular weight excluding hydrogens is 294 g/mol. The first-order valence-corrected chi connectivity index (χ1v) is 8.87. The molecule has 0 aliphatic heterocycles. The zero-order chi connectivity index (χ0) is 17.3. The summed E-state index contributed by atoms with van der Waals surface area (Å²) in [6.07, 6.45) is 9.12. The lowest BCUT2D eigenvalue weighted by atomic mass is 10.1. The maximum absolute atomic E-state index is 11.4. The van der Waals surface area contributed by atoms with Gasteiger partial charge in [-0.2, -0.15) is 0 Å². The minimum atomic E-state index is -0.506. The number of carbonyl (C=O) groups is 2. The summed E-state index contributed by atoms with van der Waals surface area (Å²) in [7, 11) is 0. The Hall–Kier alpha value is -1.36. The number of ether oxygens (including phenoxy) is 2. The molecule has 134 valence electrons. The van der Waals surface area contributed by atoms with Crippen molar-refractivity contribution in [3.8, 4) is 0 Å². The third kappa shape index (κ3) is 14.0. The quantitative estimate of drug-likeness (QED) is 0.278. The Kier molecular flexibility index (Phi) is 14.6. The van der Waals surface area contributed by atoms with Crippen LogP contribution in [-0.4, -0.2) is 49.7 Å². The molecule has 0 bridgehead atoms. The Morgan fingerprint density at radius 1 is 0.783 bits per heavy atom. The third-order valence-corrected chi connectivity index (χ3v) is 3.64. The van der Waals surface area contributed by atoms with E-state index in [2.05, 4.69) is 25.7 Å². The summed E-state index contributed by atoms with van der Waals surface area (Å²) in [4.78, 5) is 25.0. The van der Waals surface area contributed by atoms with Crippen LogP contribution in [0.1, 0.15) is 59.3 Å².